The zero-order chi connectivity index (χ0) is 20.8. The Morgan fingerprint density at radius 1 is 1.07 bits per heavy atom. The van der Waals surface area contributed by atoms with Gasteiger partial charge in [-0.25, -0.2) is 0 Å². The Kier molecular flexibility index (Phi) is 6.66. The lowest BCUT2D eigenvalue weighted by molar-refractivity contribution is 0.0942. The molecule has 0 spiro atoms. The van der Waals surface area contributed by atoms with Crippen LogP contribution in [0.2, 0.25) is 0 Å². The van der Waals surface area contributed by atoms with Crippen LogP contribution in [0.25, 0.3) is 0 Å². The topological polar surface area (TPSA) is 97.1 Å². The van der Waals surface area contributed by atoms with Crippen molar-refractivity contribution >= 4 is 29.3 Å². The zero-order valence-corrected chi connectivity index (χ0v) is 17.2. The van der Waals surface area contributed by atoms with E-state index in [1.54, 1.807) is 37.3 Å². The molecule has 0 saturated heterocycles. The van der Waals surface area contributed by atoms with Crippen molar-refractivity contribution in [2.75, 3.05) is 5.32 Å². The van der Waals surface area contributed by atoms with Gasteiger partial charge in [-0.3, -0.25) is 9.59 Å². The molecule has 8 heteroatoms. The van der Waals surface area contributed by atoms with Gasteiger partial charge in [-0.05, 0) is 57.2 Å². The van der Waals surface area contributed by atoms with Crippen molar-refractivity contribution in [1.29, 1.82) is 0 Å². The molecule has 0 aliphatic heterocycles. The molecular weight excluding hydrogens is 388 g/mol. The number of hydrogen-bond donors (Lipinski definition) is 2. The summed E-state index contributed by atoms with van der Waals surface area (Å²) < 4.78 is 5.12. The summed E-state index contributed by atoms with van der Waals surface area (Å²) in [6, 6.07) is 14.2. The number of nitrogens with one attached hydrogen (secondary N) is 2. The number of rotatable bonds is 7. The van der Waals surface area contributed by atoms with Crippen LogP contribution in [0.5, 0.6) is 0 Å². The summed E-state index contributed by atoms with van der Waals surface area (Å²) in [5, 5.41) is 9.48. The monoisotopic (exact) mass is 410 g/mol. The van der Waals surface area contributed by atoms with Crippen LogP contribution in [-0.4, -0.2) is 28.0 Å². The van der Waals surface area contributed by atoms with Gasteiger partial charge in [0.2, 0.25) is 5.89 Å². The van der Waals surface area contributed by atoms with Crippen LogP contribution >= 0.6 is 11.8 Å². The van der Waals surface area contributed by atoms with Crippen LogP contribution in [0.15, 0.2) is 57.9 Å². The number of nitrogens with zero attached hydrogens (tertiary/aromatic N) is 2. The van der Waals surface area contributed by atoms with E-state index in [1.807, 2.05) is 32.0 Å². The number of amides is 2. The number of thioether (sulfide) groups is 1. The maximum absolute atomic E-state index is 12.8. The van der Waals surface area contributed by atoms with E-state index < -0.39 is 0 Å². The third kappa shape index (κ3) is 5.68. The second-order valence-corrected chi connectivity index (χ2v) is 7.70. The molecule has 7 nitrogen and oxygen atoms in total. The summed E-state index contributed by atoms with van der Waals surface area (Å²) in [7, 11) is 0. The number of hydrogen-bond acceptors (Lipinski definition) is 6. The summed E-state index contributed by atoms with van der Waals surface area (Å²) in [6.45, 7) is 5.57. The van der Waals surface area contributed by atoms with Crippen LogP contribution in [0.1, 0.15) is 46.3 Å². The molecule has 1 heterocycles. The molecule has 0 radical (unpaired) electrons. The van der Waals surface area contributed by atoms with Gasteiger partial charge in [0.25, 0.3) is 11.8 Å². The molecule has 1 aromatic heterocycles. The van der Waals surface area contributed by atoms with Crippen molar-refractivity contribution in [2.45, 2.75) is 37.5 Å². The quantitative estimate of drug-likeness (QED) is 0.570. The number of aryl methyl sites for hydroxylation is 1. The molecular formula is C21H22N4O3S. The summed E-state index contributed by atoms with van der Waals surface area (Å²) in [6.07, 6.45) is 0. The van der Waals surface area contributed by atoms with E-state index in [0.29, 0.717) is 34.3 Å². The Morgan fingerprint density at radius 2 is 1.79 bits per heavy atom. The van der Waals surface area contributed by atoms with Crippen molar-refractivity contribution in [3.05, 3.63) is 71.4 Å². The fraction of sp³-hybridized carbons (Fsp3) is 0.238. The van der Waals surface area contributed by atoms with Gasteiger partial charge in [-0.2, -0.15) is 4.98 Å². The van der Waals surface area contributed by atoms with E-state index in [4.69, 9.17) is 4.52 Å². The van der Waals surface area contributed by atoms with Crippen LogP contribution in [0.4, 0.5) is 5.69 Å². The minimum absolute atomic E-state index is 0.0620. The minimum atomic E-state index is -0.228. The second kappa shape index (κ2) is 9.38. The largest absolute Gasteiger partial charge is 0.350 e. The number of carbonyl (C=O) groups is 2. The lowest BCUT2D eigenvalue weighted by atomic mass is 10.1. The van der Waals surface area contributed by atoms with Gasteiger partial charge in [-0.1, -0.05) is 17.3 Å². The fourth-order valence-electron chi connectivity index (χ4n) is 2.57. The van der Waals surface area contributed by atoms with Crippen molar-refractivity contribution in [3.8, 4) is 0 Å². The van der Waals surface area contributed by atoms with Gasteiger partial charge in [0.05, 0.1) is 11.3 Å². The van der Waals surface area contributed by atoms with E-state index in [2.05, 4.69) is 20.8 Å². The zero-order valence-electron chi connectivity index (χ0n) is 16.4. The van der Waals surface area contributed by atoms with Crippen molar-refractivity contribution in [3.63, 3.8) is 0 Å². The fourth-order valence-corrected chi connectivity index (χ4v) is 3.45. The second-order valence-electron chi connectivity index (χ2n) is 6.68. The molecule has 0 atom stereocenters. The highest BCUT2D eigenvalue weighted by atomic mass is 32.2. The standard InChI is InChI=1S/C21H22N4O3S/c1-13(2)22-20(26)15-8-10-16(11-9-15)24-21(27)17-6-4-5-7-18(17)29-12-19-23-14(3)25-28-19/h4-11,13H,12H2,1-3H3,(H,22,26)(H,24,27). The summed E-state index contributed by atoms with van der Waals surface area (Å²) in [5.74, 6) is 1.20. The van der Waals surface area contributed by atoms with E-state index >= 15 is 0 Å². The molecule has 3 rings (SSSR count). The van der Waals surface area contributed by atoms with E-state index in [9.17, 15) is 9.59 Å². The third-order valence-electron chi connectivity index (χ3n) is 3.88. The molecule has 0 saturated carbocycles. The van der Waals surface area contributed by atoms with Crippen LogP contribution in [0.3, 0.4) is 0 Å². The first kappa shape index (κ1) is 20.6. The smallest absolute Gasteiger partial charge is 0.256 e. The van der Waals surface area contributed by atoms with Gasteiger partial charge >= 0.3 is 0 Å². The van der Waals surface area contributed by atoms with Crippen molar-refractivity contribution < 1.29 is 14.1 Å². The SMILES string of the molecule is Cc1noc(CSc2ccccc2C(=O)Nc2ccc(C(=O)NC(C)C)cc2)n1. The van der Waals surface area contributed by atoms with E-state index in [0.717, 1.165) is 4.90 Å². The predicted octanol–water partition coefficient (Wildman–Crippen LogP) is 4.06. The molecule has 29 heavy (non-hydrogen) atoms. The Morgan fingerprint density at radius 3 is 2.45 bits per heavy atom. The molecule has 0 aliphatic carbocycles. The Balaban J connectivity index is 1.67. The van der Waals surface area contributed by atoms with Gasteiger partial charge < -0.3 is 15.2 Å². The van der Waals surface area contributed by atoms with Gasteiger partial charge in [0.1, 0.15) is 0 Å². The first-order valence-corrected chi connectivity index (χ1v) is 10.1. The van der Waals surface area contributed by atoms with Crippen molar-refractivity contribution in [2.24, 2.45) is 0 Å². The molecule has 150 valence electrons. The van der Waals surface area contributed by atoms with E-state index in [-0.39, 0.29) is 17.9 Å². The predicted molar refractivity (Wildman–Crippen MR) is 112 cm³/mol. The molecule has 3 aromatic rings. The Bertz CT molecular complexity index is 999. The molecule has 0 bridgehead atoms. The highest BCUT2D eigenvalue weighted by Gasteiger charge is 2.14. The van der Waals surface area contributed by atoms with E-state index in [1.165, 1.54) is 11.8 Å². The Labute approximate surface area is 173 Å². The van der Waals surface area contributed by atoms with Gasteiger partial charge in [-0.15, -0.1) is 11.8 Å². The highest BCUT2D eigenvalue weighted by Crippen LogP contribution is 2.26. The van der Waals surface area contributed by atoms with Gasteiger partial charge in [0.15, 0.2) is 5.82 Å². The maximum Gasteiger partial charge on any atom is 0.256 e. The number of carbonyl (C=O) groups excluding carboxylic acids is 2. The van der Waals surface area contributed by atoms with Gasteiger partial charge in [0, 0.05) is 22.2 Å². The highest BCUT2D eigenvalue weighted by molar-refractivity contribution is 7.98. The maximum atomic E-state index is 12.8. The first-order chi connectivity index (χ1) is 13.9. The van der Waals surface area contributed by atoms with Crippen LogP contribution < -0.4 is 10.6 Å². The summed E-state index contributed by atoms with van der Waals surface area (Å²) in [5.41, 5.74) is 1.71. The molecule has 2 amide bonds. The summed E-state index contributed by atoms with van der Waals surface area (Å²) in [4.78, 5) is 29.8. The third-order valence-corrected chi connectivity index (χ3v) is 4.94. The lowest BCUT2D eigenvalue weighted by Crippen LogP contribution is -2.30. The first-order valence-electron chi connectivity index (χ1n) is 9.15. The van der Waals surface area contributed by atoms with Crippen molar-refractivity contribution in [1.82, 2.24) is 15.5 Å². The Hall–Kier alpha value is -3.13. The minimum Gasteiger partial charge on any atom is -0.350 e. The molecule has 0 aliphatic rings. The lowest BCUT2D eigenvalue weighted by Gasteiger charge is -2.11. The van der Waals surface area contributed by atoms with Crippen LogP contribution in [0, 0.1) is 6.92 Å². The molecule has 0 fully saturated rings. The average molecular weight is 410 g/mol. The van der Waals surface area contributed by atoms with Crippen LogP contribution in [-0.2, 0) is 5.75 Å². The number of aromatic nitrogens is 2. The number of anilines is 1. The molecule has 2 aromatic carbocycles. The number of benzene rings is 2. The normalized spacial score (nSPS) is 10.8. The molecule has 2 N–H and O–H groups in total. The summed E-state index contributed by atoms with van der Waals surface area (Å²) >= 11 is 1.45. The molecule has 0 unspecified atom stereocenters. The average Bonchev–Trinajstić information content (AvgIpc) is 3.12.